The third kappa shape index (κ3) is 5.06. The summed E-state index contributed by atoms with van der Waals surface area (Å²) in [4.78, 5) is 4.72. The van der Waals surface area contributed by atoms with Crippen molar-refractivity contribution in [2.24, 2.45) is 0 Å². The number of nitrogens with one attached hydrogen (secondary N) is 1. The number of benzene rings is 2. The Hall–Kier alpha value is -1.95. The van der Waals surface area contributed by atoms with E-state index in [1.165, 1.54) is 6.21 Å². The van der Waals surface area contributed by atoms with Crippen LogP contribution in [0.1, 0.15) is 12.0 Å². The summed E-state index contributed by atoms with van der Waals surface area (Å²) in [5.74, 6) is 0.749. The number of nitrogen functional groups attached to an aromatic ring is 1. The summed E-state index contributed by atoms with van der Waals surface area (Å²) < 4.78 is 5.77. The molecule has 0 saturated carbocycles. The summed E-state index contributed by atoms with van der Waals surface area (Å²) in [6.45, 7) is 5.48. The Kier molecular flexibility index (Phi) is 6.83. The number of nitrogens with two attached hydrogens (primary N) is 1. The van der Waals surface area contributed by atoms with Crippen molar-refractivity contribution in [3.8, 4) is 5.75 Å². The number of rotatable bonds is 7. The molecule has 7 heteroatoms. The van der Waals surface area contributed by atoms with Crippen molar-refractivity contribution < 1.29 is 4.74 Å². The fourth-order valence-electron chi connectivity index (χ4n) is 3.20. The van der Waals surface area contributed by atoms with Crippen LogP contribution in [0.15, 0.2) is 36.4 Å². The quantitative estimate of drug-likeness (QED) is 0.411. The molecule has 1 fully saturated rings. The van der Waals surface area contributed by atoms with Crippen LogP contribution in [0.25, 0.3) is 0 Å². The Balaban J connectivity index is 1.40. The van der Waals surface area contributed by atoms with Gasteiger partial charge < -0.3 is 20.8 Å². The molecular weight excluding hydrogens is 383 g/mol. The maximum atomic E-state index is 7.26. The number of ether oxygens (including phenoxy) is 1. The number of anilines is 2. The van der Waals surface area contributed by atoms with Crippen LogP contribution in [0, 0.1) is 5.41 Å². The van der Waals surface area contributed by atoms with E-state index in [1.54, 1.807) is 12.1 Å². The molecule has 1 aliphatic rings. The zero-order chi connectivity index (χ0) is 19.2. The van der Waals surface area contributed by atoms with Gasteiger partial charge >= 0.3 is 0 Å². The van der Waals surface area contributed by atoms with Crippen LogP contribution in [-0.2, 0) is 0 Å². The van der Waals surface area contributed by atoms with E-state index in [1.807, 2.05) is 24.3 Å². The average Bonchev–Trinajstić information content (AvgIpc) is 2.68. The van der Waals surface area contributed by atoms with Crippen molar-refractivity contribution in [2.75, 3.05) is 50.0 Å². The van der Waals surface area contributed by atoms with Crippen LogP contribution < -0.4 is 15.4 Å². The van der Waals surface area contributed by atoms with Crippen LogP contribution >= 0.6 is 23.2 Å². The van der Waals surface area contributed by atoms with E-state index >= 15 is 0 Å². The average molecular weight is 407 g/mol. The number of halogens is 2. The minimum Gasteiger partial charge on any atom is -0.493 e. The van der Waals surface area contributed by atoms with Gasteiger partial charge in [0, 0.05) is 56.3 Å². The topological polar surface area (TPSA) is 65.6 Å². The molecule has 1 aliphatic heterocycles. The van der Waals surface area contributed by atoms with Gasteiger partial charge in [-0.05, 0) is 30.7 Å². The van der Waals surface area contributed by atoms with E-state index in [0.29, 0.717) is 27.9 Å². The van der Waals surface area contributed by atoms with Crippen molar-refractivity contribution in [2.45, 2.75) is 6.42 Å². The van der Waals surface area contributed by atoms with Crippen LogP contribution in [0.2, 0.25) is 10.0 Å². The monoisotopic (exact) mass is 406 g/mol. The summed E-state index contributed by atoms with van der Waals surface area (Å²) in [6, 6.07) is 11.2. The van der Waals surface area contributed by atoms with E-state index in [-0.39, 0.29) is 0 Å². The molecule has 0 amide bonds. The second-order valence-corrected chi connectivity index (χ2v) is 7.32. The smallest absolute Gasteiger partial charge is 0.121 e. The molecule has 0 bridgehead atoms. The van der Waals surface area contributed by atoms with Gasteiger partial charge in [0.1, 0.15) is 5.75 Å². The first-order chi connectivity index (χ1) is 13.1. The van der Waals surface area contributed by atoms with Crippen molar-refractivity contribution in [1.82, 2.24) is 4.90 Å². The second kappa shape index (κ2) is 9.31. The minimum atomic E-state index is 0.568. The SMILES string of the molecule is N=Cc1ccc(OCCCN2CCN(c3cccc(Cl)c3Cl)CC2)cc1N. The first kappa shape index (κ1) is 19.8. The molecule has 0 aliphatic carbocycles. The van der Waals surface area contributed by atoms with E-state index in [2.05, 4.69) is 9.80 Å². The van der Waals surface area contributed by atoms with Gasteiger partial charge in [0.05, 0.1) is 22.3 Å². The zero-order valence-corrected chi connectivity index (χ0v) is 16.6. The Bertz CT molecular complexity index is 792. The molecule has 1 heterocycles. The molecule has 27 heavy (non-hydrogen) atoms. The molecular formula is C20H24Cl2N4O. The molecule has 2 aromatic rings. The van der Waals surface area contributed by atoms with Gasteiger partial charge in [-0.3, -0.25) is 4.90 Å². The van der Waals surface area contributed by atoms with Crippen molar-refractivity contribution in [3.05, 3.63) is 52.0 Å². The normalized spacial score (nSPS) is 15.0. The van der Waals surface area contributed by atoms with E-state index in [0.717, 1.165) is 50.6 Å². The molecule has 3 N–H and O–H groups in total. The molecule has 0 spiro atoms. The molecule has 144 valence electrons. The first-order valence-corrected chi connectivity index (χ1v) is 9.78. The van der Waals surface area contributed by atoms with E-state index in [4.69, 9.17) is 39.1 Å². The highest BCUT2D eigenvalue weighted by Gasteiger charge is 2.19. The predicted octanol–water partition coefficient (Wildman–Crippen LogP) is 4.16. The molecule has 0 radical (unpaired) electrons. The first-order valence-electron chi connectivity index (χ1n) is 9.02. The summed E-state index contributed by atoms with van der Waals surface area (Å²) >= 11 is 12.5. The lowest BCUT2D eigenvalue weighted by Gasteiger charge is -2.36. The molecule has 0 atom stereocenters. The zero-order valence-electron chi connectivity index (χ0n) is 15.1. The van der Waals surface area contributed by atoms with E-state index in [9.17, 15) is 0 Å². The molecule has 3 rings (SSSR count). The lowest BCUT2D eigenvalue weighted by Crippen LogP contribution is -2.46. The number of hydrogen-bond donors (Lipinski definition) is 2. The van der Waals surface area contributed by atoms with E-state index < -0.39 is 0 Å². The molecule has 0 aromatic heterocycles. The Morgan fingerprint density at radius 3 is 2.59 bits per heavy atom. The fraction of sp³-hybridized carbons (Fsp3) is 0.350. The number of nitrogens with zero attached hydrogens (tertiary/aromatic N) is 2. The van der Waals surface area contributed by atoms with Gasteiger partial charge in [0.25, 0.3) is 0 Å². The van der Waals surface area contributed by atoms with Crippen LogP contribution in [-0.4, -0.2) is 50.4 Å². The second-order valence-electron chi connectivity index (χ2n) is 6.54. The third-order valence-corrected chi connectivity index (χ3v) is 5.55. The third-order valence-electron chi connectivity index (χ3n) is 4.75. The van der Waals surface area contributed by atoms with Crippen molar-refractivity contribution in [1.29, 1.82) is 5.41 Å². The Labute approximate surface area is 170 Å². The van der Waals surface area contributed by atoms with Crippen molar-refractivity contribution >= 4 is 40.8 Å². The lowest BCUT2D eigenvalue weighted by molar-refractivity contribution is 0.225. The largest absolute Gasteiger partial charge is 0.493 e. The summed E-state index contributed by atoms with van der Waals surface area (Å²) in [7, 11) is 0. The molecule has 2 aromatic carbocycles. The summed E-state index contributed by atoms with van der Waals surface area (Å²) in [5.41, 5.74) is 8.16. The molecule has 0 unspecified atom stereocenters. The maximum absolute atomic E-state index is 7.26. The summed E-state index contributed by atoms with van der Waals surface area (Å²) in [5, 5.41) is 8.49. The molecule has 5 nitrogen and oxygen atoms in total. The number of hydrogen-bond acceptors (Lipinski definition) is 5. The number of piperazine rings is 1. The highest BCUT2D eigenvalue weighted by atomic mass is 35.5. The van der Waals surface area contributed by atoms with Gasteiger partial charge in [-0.1, -0.05) is 29.3 Å². The van der Waals surface area contributed by atoms with Gasteiger partial charge in [0.2, 0.25) is 0 Å². The van der Waals surface area contributed by atoms with Gasteiger partial charge in [-0.15, -0.1) is 0 Å². The van der Waals surface area contributed by atoms with Crippen molar-refractivity contribution in [3.63, 3.8) is 0 Å². The van der Waals surface area contributed by atoms with Gasteiger partial charge in [0.15, 0.2) is 0 Å². The summed E-state index contributed by atoms with van der Waals surface area (Å²) in [6.07, 6.45) is 2.19. The van der Waals surface area contributed by atoms with Gasteiger partial charge in [-0.25, -0.2) is 0 Å². The highest BCUT2D eigenvalue weighted by molar-refractivity contribution is 6.43. The Morgan fingerprint density at radius 1 is 1.11 bits per heavy atom. The maximum Gasteiger partial charge on any atom is 0.121 e. The highest BCUT2D eigenvalue weighted by Crippen LogP contribution is 2.32. The lowest BCUT2D eigenvalue weighted by atomic mass is 10.2. The predicted molar refractivity (Wildman–Crippen MR) is 114 cm³/mol. The standard InChI is InChI=1S/C20H24Cl2N4O/c21-17-3-1-4-19(20(17)22)26-10-8-25(9-11-26)7-2-12-27-16-6-5-15(14-23)18(24)13-16/h1,3-6,13-14,23H,2,7-12,24H2. The van der Waals surface area contributed by atoms with Crippen LogP contribution in [0.3, 0.4) is 0 Å². The van der Waals surface area contributed by atoms with Gasteiger partial charge in [-0.2, -0.15) is 0 Å². The van der Waals surface area contributed by atoms with Crippen LogP contribution in [0.4, 0.5) is 11.4 Å². The van der Waals surface area contributed by atoms with Crippen LogP contribution in [0.5, 0.6) is 5.75 Å². The Morgan fingerprint density at radius 2 is 1.89 bits per heavy atom. The fourth-order valence-corrected chi connectivity index (χ4v) is 3.62. The molecule has 1 saturated heterocycles. The minimum absolute atomic E-state index is 0.568.